The lowest BCUT2D eigenvalue weighted by molar-refractivity contribution is -0.147. The van der Waals surface area contributed by atoms with Crippen molar-refractivity contribution in [2.75, 3.05) is 13.1 Å². The summed E-state index contributed by atoms with van der Waals surface area (Å²) in [6, 6.07) is 8.85. The molecule has 0 unspecified atom stereocenters. The van der Waals surface area contributed by atoms with Crippen molar-refractivity contribution in [3.05, 3.63) is 35.4 Å². The van der Waals surface area contributed by atoms with Crippen LogP contribution in [0.15, 0.2) is 24.3 Å². The van der Waals surface area contributed by atoms with E-state index in [1.807, 2.05) is 26.8 Å². The molecule has 128 valence electrons. The van der Waals surface area contributed by atoms with Gasteiger partial charge in [-0.25, -0.2) is 4.79 Å². The molecular weight excluding hydrogens is 308 g/mol. The molecule has 0 N–H and O–H groups in total. The molecule has 1 aliphatic heterocycles. The Morgan fingerprint density at radius 1 is 1.29 bits per heavy atom. The quantitative estimate of drug-likeness (QED) is 0.796. The second-order valence-corrected chi connectivity index (χ2v) is 6.81. The summed E-state index contributed by atoms with van der Waals surface area (Å²) < 4.78 is 10.7. The third-order valence-electron chi connectivity index (χ3n) is 3.53. The number of rotatable bonds is 3. The smallest absolute Gasteiger partial charge is 0.410 e. The summed E-state index contributed by atoms with van der Waals surface area (Å²) in [6.45, 7) is 6.32. The van der Waals surface area contributed by atoms with E-state index in [-0.39, 0.29) is 24.6 Å². The van der Waals surface area contributed by atoms with Gasteiger partial charge in [0.1, 0.15) is 11.7 Å². The van der Waals surface area contributed by atoms with E-state index in [1.54, 1.807) is 29.2 Å². The van der Waals surface area contributed by atoms with Gasteiger partial charge in [-0.1, -0.05) is 12.1 Å². The Labute approximate surface area is 142 Å². The maximum atomic E-state index is 12.0. The molecule has 1 aliphatic rings. The first-order valence-electron chi connectivity index (χ1n) is 7.93. The minimum Gasteiger partial charge on any atom is -0.460 e. The second-order valence-electron chi connectivity index (χ2n) is 6.81. The Kier molecular flexibility index (Phi) is 5.45. The number of nitriles is 1. The van der Waals surface area contributed by atoms with Crippen molar-refractivity contribution in [2.24, 2.45) is 0 Å². The molecule has 1 atom stereocenters. The van der Waals surface area contributed by atoms with Crippen molar-refractivity contribution in [3.63, 3.8) is 0 Å². The van der Waals surface area contributed by atoms with Crippen molar-refractivity contribution < 1.29 is 19.1 Å². The lowest BCUT2D eigenvalue weighted by Gasteiger charge is -2.24. The zero-order chi connectivity index (χ0) is 17.7. The van der Waals surface area contributed by atoms with Gasteiger partial charge in [-0.2, -0.15) is 5.26 Å². The van der Waals surface area contributed by atoms with Crippen molar-refractivity contribution in [1.29, 1.82) is 5.26 Å². The largest absolute Gasteiger partial charge is 0.460 e. The van der Waals surface area contributed by atoms with Gasteiger partial charge in [-0.05, 0) is 38.5 Å². The average Bonchev–Trinajstić information content (AvgIpc) is 2.95. The average molecular weight is 330 g/mol. The van der Waals surface area contributed by atoms with Gasteiger partial charge in [-0.15, -0.1) is 0 Å². The van der Waals surface area contributed by atoms with Crippen LogP contribution in [0.4, 0.5) is 4.79 Å². The molecule has 0 spiro atoms. The van der Waals surface area contributed by atoms with E-state index in [0.29, 0.717) is 25.1 Å². The fourth-order valence-corrected chi connectivity index (χ4v) is 2.41. The fraction of sp³-hybridized carbons (Fsp3) is 0.500. The van der Waals surface area contributed by atoms with E-state index in [9.17, 15) is 9.59 Å². The molecule has 1 heterocycles. The molecule has 1 fully saturated rings. The predicted molar refractivity (Wildman–Crippen MR) is 87.2 cm³/mol. The van der Waals surface area contributed by atoms with E-state index >= 15 is 0 Å². The third-order valence-corrected chi connectivity index (χ3v) is 3.53. The summed E-state index contributed by atoms with van der Waals surface area (Å²) in [5.41, 5.74) is 0.804. The van der Waals surface area contributed by atoms with Crippen molar-refractivity contribution >= 4 is 12.1 Å². The molecule has 0 aromatic heterocycles. The van der Waals surface area contributed by atoms with Crippen LogP contribution < -0.4 is 0 Å². The Bertz CT molecular complexity index is 640. The molecular formula is C18H22N2O4. The zero-order valence-electron chi connectivity index (χ0n) is 14.2. The molecule has 6 heteroatoms. The van der Waals surface area contributed by atoms with E-state index < -0.39 is 5.60 Å². The molecule has 1 amide bonds. The van der Waals surface area contributed by atoms with Crippen LogP contribution in [0.2, 0.25) is 0 Å². The molecule has 0 saturated carbocycles. The lowest BCUT2D eigenvalue weighted by atomic mass is 10.1. The van der Waals surface area contributed by atoms with Crippen LogP contribution in [-0.2, 0) is 20.7 Å². The highest BCUT2D eigenvalue weighted by Gasteiger charge is 2.31. The highest BCUT2D eigenvalue weighted by Crippen LogP contribution is 2.18. The number of nitrogens with zero attached hydrogens (tertiary/aromatic N) is 2. The normalized spacial score (nSPS) is 17.2. The monoisotopic (exact) mass is 330 g/mol. The van der Waals surface area contributed by atoms with Gasteiger partial charge in [0, 0.05) is 13.0 Å². The molecule has 1 aromatic rings. The van der Waals surface area contributed by atoms with E-state index in [1.165, 1.54) is 0 Å². The number of amides is 1. The number of benzene rings is 1. The van der Waals surface area contributed by atoms with Gasteiger partial charge in [0.25, 0.3) is 0 Å². The fourth-order valence-electron chi connectivity index (χ4n) is 2.41. The minimum atomic E-state index is -0.540. The topological polar surface area (TPSA) is 79.6 Å². The van der Waals surface area contributed by atoms with Gasteiger partial charge >= 0.3 is 12.1 Å². The van der Waals surface area contributed by atoms with Crippen molar-refractivity contribution in [1.82, 2.24) is 4.90 Å². The Hall–Kier alpha value is -2.55. The standard InChI is InChI=1S/C18H22N2O4/c1-18(2,3)24-17(22)20-9-8-15(12-20)23-16(21)10-13-4-6-14(11-19)7-5-13/h4-7,15H,8-10,12H2,1-3H3/t15-/m0/s1. The van der Waals surface area contributed by atoms with Crippen LogP contribution in [0.1, 0.15) is 38.3 Å². The van der Waals surface area contributed by atoms with Crippen molar-refractivity contribution in [2.45, 2.75) is 45.3 Å². The van der Waals surface area contributed by atoms with Crippen LogP contribution in [0.3, 0.4) is 0 Å². The molecule has 0 radical (unpaired) electrons. The summed E-state index contributed by atoms with van der Waals surface area (Å²) in [5.74, 6) is -0.337. The highest BCUT2D eigenvalue weighted by molar-refractivity contribution is 5.73. The summed E-state index contributed by atoms with van der Waals surface area (Å²) in [4.78, 5) is 25.5. The molecule has 1 aromatic carbocycles. The van der Waals surface area contributed by atoms with Gasteiger partial charge in [0.15, 0.2) is 0 Å². The first-order chi connectivity index (χ1) is 11.3. The molecule has 0 aliphatic carbocycles. The van der Waals surface area contributed by atoms with Crippen LogP contribution in [0.5, 0.6) is 0 Å². The number of likely N-dealkylation sites (tertiary alicyclic amines) is 1. The number of carbonyl (C=O) groups is 2. The summed E-state index contributed by atoms with van der Waals surface area (Å²) >= 11 is 0. The molecule has 6 nitrogen and oxygen atoms in total. The SMILES string of the molecule is CC(C)(C)OC(=O)N1CC[C@H](OC(=O)Cc2ccc(C#N)cc2)C1. The van der Waals surface area contributed by atoms with Crippen LogP contribution in [0.25, 0.3) is 0 Å². The minimum absolute atomic E-state index is 0.147. The van der Waals surface area contributed by atoms with Crippen LogP contribution in [0, 0.1) is 11.3 Å². The van der Waals surface area contributed by atoms with Crippen LogP contribution >= 0.6 is 0 Å². The number of ether oxygens (including phenoxy) is 2. The van der Waals surface area contributed by atoms with E-state index in [0.717, 1.165) is 5.56 Å². The van der Waals surface area contributed by atoms with E-state index in [4.69, 9.17) is 14.7 Å². The molecule has 1 saturated heterocycles. The number of carbonyl (C=O) groups excluding carboxylic acids is 2. The first-order valence-corrected chi connectivity index (χ1v) is 7.93. The van der Waals surface area contributed by atoms with E-state index in [2.05, 4.69) is 0 Å². The maximum Gasteiger partial charge on any atom is 0.410 e. The first kappa shape index (κ1) is 17.8. The van der Waals surface area contributed by atoms with Gasteiger partial charge < -0.3 is 14.4 Å². The Balaban J connectivity index is 1.81. The lowest BCUT2D eigenvalue weighted by Crippen LogP contribution is -2.36. The highest BCUT2D eigenvalue weighted by atomic mass is 16.6. The third kappa shape index (κ3) is 5.27. The Morgan fingerprint density at radius 2 is 1.96 bits per heavy atom. The summed E-state index contributed by atoms with van der Waals surface area (Å²) in [7, 11) is 0. The molecule has 2 rings (SSSR count). The summed E-state index contributed by atoms with van der Waals surface area (Å²) in [6.07, 6.45) is 0.0732. The number of hydrogen-bond acceptors (Lipinski definition) is 5. The second kappa shape index (κ2) is 7.35. The van der Waals surface area contributed by atoms with Crippen molar-refractivity contribution in [3.8, 4) is 6.07 Å². The Morgan fingerprint density at radius 3 is 2.54 bits per heavy atom. The summed E-state index contributed by atoms with van der Waals surface area (Å²) in [5, 5.41) is 8.76. The van der Waals surface area contributed by atoms with Crippen LogP contribution in [-0.4, -0.2) is 41.8 Å². The zero-order valence-corrected chi connectivity index (χ0v) is 14.2. The number of esters is 1. The molecule has 24 heavy (non-hydrogen) atoms. The predicted octanol–water partition coefficient (Wildman–Crippen LogP) is 2.65. The van der Waals surface area contributed by atoms with Gasteiger partial charge in [0.2, 0.25) is 0 Å². The number of hydrogen-bond donors (Lipinski definition) is 0. The molecule has 0 bridgehead atoms. The maximum absolute atomic E-state index is 12.0. The van der Waals surface area contributed by atoms with Gasteiger partial charge in [-0.3, -0.25) is 4.79 Å². The van der Waals surface area contributed by atoms with Gasteiger partial charge in [0.05, 0.1) is 24.6 Å².